The predicted molar refractivity (Wildman–Crippen MR) is 73.4 cm³/mol. The number of nitrogens with one attached hydrogen (secondary N) is 1. The third-order valence-corrected chi connectivity index (χ3v) is 4.40. The molecule has 1 amide bonds. The molecule has 1 unspecified atom stereocenters. The van der Waals surface area contributed by atoms with Gasteiger partial charge in [0.2, 0.25) is 5.91 Å². The summed E-state index contributed by atoms with van der Waals surface area (Å²) in [5.41, 5.74) is 0. The fourth-order valence-corrected chi connectivity index (χ4v) is 2.35. The van der Waals surface area contributed by atoms with Crippen LogP contribution in [0.3, 0.4) is 0 Å². The summed E-state index contributed by atoms with van der Waals surface area (Å²) in [6.07, 6.45) is 5.30. The highest BCUT2D eigenvalue weighted by molar-refractivity contribution is 9.09. The fraction of sp³-hybridized carbons (Fsp3) is 0.923. The van der Waals surface area contributed by atoms with E-state index in [1.54, 1.807) is 0 Å². The fourth-order valence-electron chi connectivity index (χ4n) is 2.12. The van der Waals surface area contributed by atoms with Crippen LogP contribution < -0.4 is 5.32 Å². The third kappa shape index (κ3) is 5.87. The number of rotatable bonds is 8. The van der Waals surface area contributed by atoms with E-state index in [0.29, 0.717) is 23.3 Å². The topological polar surface area (TPSA) is 38.3 Å². The molecule has 100 valence electrons. The Hall–Kier alpha value is -0.0900. The van der Waals surface area contributed by atoms with Gasteiger partial charge in [0.05, 0.1) is 6.10 Å². The molecule has 1 atom stereocenters. The SMILES string of the molecule is CCOC1CC(CC(=O)NCCC(Br)CC)C1. The van der Waals surface area contributed by atoms with E-state index in [2.05, 4.69) is 28.2 Å². The molecule has 0 saturated heterocycles. The molecule has 0 aliphatic heterocycles. The summed E-state index contributed by atoms with van der Waals surface area (Å²) in [6.45, 7) is 5.73. The normalized spacial score (nSPS) is 25.1. The van der Waals surface area contributed by atoms with Crippen LogP contribution in [0, 0.1) is 5.92 Å². The molecule has 1 N–H and O–H groups in total. The van der Waals surface area contributed by atoms with Crippen LogP contribution in [-0.4, -0.2) is 30.0 Å². The van der Waals surface area contributed by atoms with Crippen LogP contribution in [-0.2, 0) is 9.53 Å². The second-order valence-corrected chi connectivity index (χ2v) is 6.06. The minimum Gasteiger partial charge on any atom is -0.378 e. The molecule has 0 aromatic rings. The van der Waals surface area contributed by atoms with Gasteiger partial charge in [0.25, 0.3) is 0 Å². The largest absolute Gasteiger partial charge is 0.378 e. The van der Waals surface area contributed by atoms with Crippen molar-refractivity contribution in [2.24, 2.45) is 5.92 Å². The van der Waals surface area contributed by atoms with E-state index >= 15 is 0 Å². The van der Waals surface area contributed by atoms with Crippen molar-refractivity contribution in [1.82, 2.24) is 5.32 Å². The van der Waals surface area contributed by atoms with Gasteiger partial charge in [-0.15, -0.1) is 0 Å². The maximum Gasteiger partial charge on any atom is 0.220 e. The molecular formula is C13H24BrNO2. The molecule has 1 aliphatic carbocycles. The highest BCUT2D eigenvalue weighted by Gasteiger charge is 2.30. The zero-order valence-electron chi connectivity index (χ0n) is 10.9. The minimum absolute atomic E-state index is 0.195. The summed E-state index contributed by atoms with van der Waals surface area (Å²) in [5.74, 6) is 0.734. The predicted octanol–water partition coefficient (Wildman–Crippen LogP) is 2.87. The summed E-state index contributed by atoms with van der Waals surface area (Å²) in [5, 5.41) is 2.98. The van der Waals surface area contributed by atoms with Crippen molar-refractivity contribution in [3.8, 4) is 0 Å². The Morgan fingerprint density at radius 2 is 2.18 bits per heavy atom. The first-order valence-corrected chi connectivity index (χ1v) is 7.59. The standard InChI is InChI=1S/C13H24BrNO2/c1-3-11(14)5-6-15-13(16)9-10-7-12(8-10)17-4-2/h10-12H,3-9H2,1-2H3,(H,15,16). The van der Waals surface area contributed by atoms with Crippen LogP contribution in [0.25, 0.3) is 0 Å². The van der Waals surface area contributed by atoms with Crippen molar-refractivity contribution in [3.63, 3.8) is 0 Å². The van der Waals surface area contributed by atoms with Crippen LogP contribution in [0.2, 0.25) is 0 Å². The van der Waals surface area contributed by atoms with Crippen molar-refractivity contribution in [2.75, 3.05) is 13.2 Å². The minimum atomic E-state index is 0.195. The molecule has 1 rings (SSSR count). The Labute approximate surface area is 113 Å². The lowest BCUT2D eigenvalue weighted by molar-refractivity contribution is -0.124. The van der Waals surface area contributed by atoms with Crippen molar-refractivity contribution in [2.45, 2.75) is 56.9 Å². The Balaban J connectivity index is 1.99. The highest BCUT2D eigenvalue weighted by Crippen LogP contribution is 2.32. The molecule has 3 nitrogen and oxygen atoms in total. The van der Waals surface area contributed by atoms with Gasteiger partial charge < -0.3 is 10.1 Å². The molecule has 0 spiro atoms. The number of carbonyl (C=O) groups excluding carboxylic acids is 1. The molecule has 17 heavy (non-hydrogen) atoms. The van der Waals surface area contributed by atoms with Crippen molar-refractivity contribution in [1.29, 1.82) is 0 Å². The van der Waals surface area contributed by atoms with Crippen molar-refractivity contribution in [3.05, 3.63) is 0 Å². The van der Waals surface area contributed by atoms with Gasteiger partial charge in [-0.2, -0.15) is 0 Å². The molecule has 0 radical (unpaired) electrons. The summed E-state index contributed by atoms with van der Waals surface area (Å²) in [7, 11) is 0. The Morgan fingerprint density at radius 3 is 2.76 bits per heavy atom. The van der Waals surface area contributed by atoms with Gasteiger partial charge in [-0.1, -0.05) is 22.9 Å². The third-order valence-electron chi connectivity index (χ3n) is 3.29. The number of alkyl halides is 1. The molecule has 0 aromatic carbocycles. The van der Waals surface area contributed by atoms with Crippen molar-refractivity contribution < 1.29 is 9.53 Å². The van der Waals surface area contributed by atoms with E-state index in [4.69, 9.17) is 4.74 Å². The van der Waals surface area contributed by atoms with Crippen LogP contribution in [0.15, 0.2) is 0 Å². The first-order valence-electron chi connectivity index (χ1n) is 6.68. The molecule has 1 fully saturated rings. The number of carbonyl (C=O) groups is 1. The van der Waals surface area contributed by atoms with Crippen LogP contribution in [0.5, 0.6) is 0 Å². The van der Waals surface area contributed by atoms with E-state index in [1.807, 2.05) is 6.92 Å². The second-order valence-electron chi connectivity index (χ2n) is 4.76. The second kappa shape index (κ2) is 8.09. The molecule has 0 heterocycles. The monoisotopic (exact) mass is 305 g/mol. The quantitative estimate of drug-likeness (QED) is 0.700. The first-order chi connectivity index (χ1) is 8.15. The maximum atomic E-state index is 11.6. The average Bonchev–Trinajstić information content (AvgIpc) is 2.26. The van der Waals surface area contributed by atoms with Gasteiger partial charge in [0.1, 0.15) is 0 Å². The van der Waals surface area contributed by atoms with Gasteiger partial charge in [-0.25, -0.2) is 0 Å². The lowest BCUT2D eigenvalue weighted by Gasteiger charge is -2.34. The van der Waals surface area contributed by atoms with E-state index in [0.717, 1.165) is 38.8 Å². The Bertz CT molecular complexity index is 229. The van der Waals surface area contributed by atoms with Gasteiger partial charge in [0.15, 0.2) is 0 Å². The van der Waals surface area contributed by atoms with Crippen LogP contribution in [0.4, 0.5) is 0 Å². The summed E-state index contributed by atoms with van der Waals surface area (Å²) < 4.78 is 5.48. The van der Waals surface area contributed by atoms with E-state index in [9.17, 15) is 4.79 Å². The molecule has 0 aromatic heterocycles. The van der Waals surface area contributed by atoms with Crippen molar-refractivity contribution >= 4 is 21.8 Å². The molecular weight excluding hydrogens is 282 g/mol. The molecule has 0 bridgehead atoms. The van der Waals surface area contributed by atoms with Gasteiger partial charge in [-0.05, 0) is 38.5 Å². The lowest BCUT2D eigenvalue weighted by atomic mass is 9.80. The summed E-state index contributed by atoms with van der Waals surface area (Å²) >= 11 is 3.56. The van der Waals surface area contributed by atoms with Gasteiger partial charge >= 0.3 is 0 Å². The van der Waals surface area contributed by atoms with E-state index in [-0.39, 0.29) is 5.91 Å². The maximum absolute atomic E-state index is 11.6. The Kier molecular flexibility index (Phi) is 7.12. The van der Waals surface area contributed by atoms with Crippen LogP contribution in [0.1, 0.15) is 46.0 Å². The van der Waals surface area contributed by atoms with Gasteiger partial charge in [0, 0.05) is 24.4 Å². The van der Waals surface area contributed by atoms with E-state index in [1.165, 1.54) is 0 Å². The molecule has 1 aliphatic rings. The number of halogens is 1. The lowest BCUT2D eigenvalue weighted by Crippen LogP contribution is -2.36. The number of amides is 1. The Morgan fingerprint density at radius 1 is 1.47 bits per heavy atom. The summed E-state index contributed by atoms with van der Waals surface area (Å²) in [6, 6.07) is 0. The number of hydrogen-bond acceptors (Lipinski definition) is 2. The van der Waals surface area contributed by atoms with E-state index < -0.39 is 0 Å². The average molecular weight is 306 g/mol. The van der Waals surface area contributed by atoms with Crippen LogP contribution >= 0.6 is 15.9 Å². The highest BCUT2D eigenvalue weighted by atomic mass is 79.9. The molecule has 4 heteroatoms. The zero-order chi connectivity index (χ0) is 12.7. The summed E-state index contributed by atoms with van der Waals surface area (Å²) in [4.78, 5) is 12.1. The number of hydrogen-bond donors (Lipinski definition) is 1. The zero-order valence-corrected chi connectivity index (χ0v) is 12.5. The number of ether oxygens (including phenoxy) is 1. The smallest absolute Gasteiger partial charge is 0.220 e. The van der Waals surface area contributed by atoms with Gasteiger partial charge in [-0.3, -0.25) is 4.79 Å². The first kappa shape index (κ1) is 15.0. The molecule has 1 saturated carbocycles.